The van der Waals surface area contributed by atoms with E-state index in [4.69, 9.17) is 16.7 Å². The van der Waals surface area contributed by atoms with Crippen LogP contribution in [0.2, 0.25) is 5.02 Å². The van der Waals surface area contributed by atoms with Gasteiger partial charge in [-0.15, -0.1) is 0 Å². The molecule has 2 aromatic heterocycles. The van der Waals surface area contributed by atoms with Gasteiger partial charge in [-0.2, -0.15) is 0 Å². The summed E-state index contributed by atoms with van der Waals surface area (Å²) >= 11 is 6.03. The number of hydrogen-bond donors (Lipinski definition) is 2. The van der Waals surface area contributed by atoms with Gasteiger partial charge in [0.15, 0.2) is 0 Å². The van der Waals surface area contributed by atoms with E-state index < -0.39 is 5.97 Å². The van der Waals surface area contributed by atoms with Crippen LogP contribution in [0.5, 0.6) is 0 Å². The van der Waals surface area contributed by atoms with Gasteiger partial charge in [-0.05, 0) is 0 Å². The van der Waals surface area contributed by atoms with Crippen molar-refractivity contribution in [2.45, 2.75) is 0 Å². The second-order valence-electron chi connectivity index (χ2n) is 2.28. The molecule has 0 spiro atoms. The Morgan fingerprint density at radius 2 is 2.42 bits per heavy atom. The summed E-state index contributed by atoms with van der Waals surface area (Å²) in [5.41, 5.74) is 0.105. The number of fused-ring (bicyclic) bond motifs is 1. The van der Waals surface area contributed by atoms with E-state index in [0.29, 0.717) is 5.02 Å². The van der Waals surface area contributed by atoms with Gasteiger partial charge in [0, 0.05) is 0 Å². The first-order chi connectivity index (χ1) is 5.70. The van der Waals surface area contributed by atoms with Crippen LogP contribution in [0.3, 0.4) is 0 Å². The van der Waals surface area contributed by atoms with Crippen LogP contribution < -0.4 is 0 Å². The van der Waals surface area contributed by atoms with Gasteiger partial charge in [-0.3, -0.25) is 0 Å². The zero-order valence-electron chi connectivity index (χ0n) is 5.80. The molecule has 0 aliphatic heterocycles. The minimum absolute atomic E-state index is 0.105. The molecular formula is C7H4ClNO2Se. The summed E-state index contributed by atoms with van der Waals surface area (Å²) in [4.78, 5) is 15.4. The predicted octanol–water partition coefficient (Wildman–Crippen LogP) is 1.58. The number of H-pyrrole nitrogens is 1. The number of carboxylic acids is 1. The quantitative estimate of drug-likeness (QED) is 0.753. The molecule has 0 aliphatic carbocycles. The predicted molar refractivity (Wildman–Crippen MR) is 47.2 cm³/mol. The molecule has 5 heteroatoms. The van der Waals surface area contributed by atoms with E-state index in [2.05, 4.69) is 4.98 Å². The van der Waals surface area contributed by atoms with Crippen LogP contribution in [0.1, 0.15) is 10.5 Å². The standard InChI is InChI=1S/C7H4ClNO2Se/c8-4-3-1-2-12-6(3)9-5(4)7(10)11/h1-2,9H,(H,10,11). The fourth-order valence-corrected chi connectivity index (χ4v) is 3.12. The molecular weight excluding hydrogens is 244 g/mol. The van der Waals surface area contributed by atoms with Crippen molar-refractivity contribution in [1.82, 2.24) is 4.98 Å². The molecule has 2 N–H and O–H groups in total. The molecule has 0 aliphatic rings. The van der Waals surface area contributed by atoms with Crippen molar-refractivity contribution in [1.29, 1.82) is 0 Å². The monoisotopic (exact) mass is 249 g/mol. The number of halogens is 1. The molecule has 2 heterocycles. The van der Waals surface area contributed by atoms with Gasteiger partial charge in [0.25, 0.3) is 0 Å². The second-order valence-corrected chi connectivity index (χ2v) is 4.58. The summed E-state index contributed by atoms with van der Waals surface area (Å²) in [6.07, 6.45) is 0. The summed E-state index contributed by atoms with van der Waals surface area (Å²) < 4.78 is 0.949. The third-order valence-corrected chi connectivity index (χ3v) is 3.71. The normalized spacial score (nSPS) is 10.8. The van der Waals surface area contributed by atoms with E-state index in [1.807, 2.05) is 11.0 Å². The Labute approximate surface area is 78.7 Å². The van der Waals surface area contributed by atoms with Crippen LogP contribution in [-0.2, 0) is 0 Å². The Bertz CT molecular complexity index is 445. The summed E-state index contributed by atoms with van der Waals surface area (Å²) in [5.74, 6) is -1.00. The molecule has 62 valence electrons. The molecule has 0 fully saturated rings. The molecule has 0 amide bonds. The van der Waals surface area contributed by atoms with Crippen molar-refractivity contribution in [3.8, 4) is 0 Å². The number of aromatic nitrogens is 1. The Morgan fingerprint density at radius 1 is 1.67 bits per heavy atom. The number of carboxylic acid groups (broad SMARTS) is 1. The summed E-state index contributed by atoms with van der Waals surface area (Å²) in [5, 5.41) is 9.86. The van der Waals surface area contributed by atoms with Gasteiger partial charge in [0.05, 0.1) is 0 Å². The van der Waals surface area contributed by atoms with E-state index in [1.54, 1.807) is 0 Å². The molecule has 0 radical (unpaired) electrons. The molecule has 12 heavy (non-hydrogen) atoms. The van der Waals surface area contributed by atoms with E-state index >= 15 is 0 Å². The van der Waals surface area contributed by atoms with Crippen LogP contribution >= 0.6 is 11.6 Å². The fourth-order valence-electron chi connectivity index (χ4n) is 1.03. The van der Waals surface area contributed by atoms with Crippen LogP contribution in [0.4, 0.5) is 0 Å². The van der Waals surface area contributed by atoms with E-state index in [1.165, 1.54) is 0 Å². The number of hydrogen-bond acceptors (Lipinski definition) is 1. The third-order valence-electron chi connectivity index (χ3n) is 1.57. The van der Waals surface area contributed by atoms with E-state index in [9.17, 15) is 4.79 Å². The van der Waals surface area contributed by atoms with Crippen LogP contribution in [0.15, 0.2) is 11.0 Å². The molecule has 0 saturated carbocycles. The molecule has 2 aromatic rings. The molecule has 0 aromatic carbocycles. The van der Waals surface area contributed by atoms with Crippen molar-refractivity contribution >= 4 is 41.9 Å². The van der Waals surface area contributed by atoms with Crippen molar-refractivity contribution in [3.05, 3.63) is 21.7 Å². The molecule has 3 nitrogen and oxygen atoms in total. The van der Waals surface area contributed by atoms with Crippen molar-refractivity contribution in [2.75, 3.05) is 0 Å². The first-order valence-corrected chi connectivity index (χ1v) is 5.40. The fraction of sp³-hybridized carbons (Fsp3) is 0. The number of rotatable bonds is 1. The zero-order chi connectivity index (χ0) is 8.72. The van der Waals surface area contributed by atoms with Crippen molar-refractivity contribution in [3.63, 3.8) is 0 Å². The van der Waals surface area contributed by atoms with Crippen LogP contribution in [-0.4, -0.2) is 30.6 Å². The van der Waals surface area contributed by atoms with Crippen molar-refractivity contribution < 1.29 is 9.90 Å². The Balaban J connectivity index is 2.78. The van der Waals surface area contributed by atoms with E-state index in [-0.39, 0.29) is 20.2 Å². The maximum atomic E-state index is 10.6. The Morgan fingerprint density at radius 3 is 3.00 bits per heavy atom. The molecule has 0 bridgehead atoms. The number of carbonyl (C=O) groups is 1. The topological polar surface area (TPSA) is 53.1 Å². The molecule has 0 saturated heterocycles. The SMILES string of the molecule is O=C(O)c1[nH]c2[se]ccc2c1Cl. The Hall–Kier alpha value is -0.701. The zero-order valence-corrected chi connectivity index (χ0v) is 8.27. The van der Waals surface area contributed by atoms with Crippen molar-refractivity contribution in [2.24, 2.45) is 0 Å². The second kappa shape index (κ2) is 2.66. The third kappa shape index (κ3) is 1.00. The molecule has 0 unspecified atom stereocenters. The number of aromatic carboxylic acids is 1. The first-order valence-electron chi connectivity index (χ1n) is 3.18. The van der Waals surface area contributed by atoms with Crippen LogP contribution in [0.25, 0.3) is 9.78 Å². The summed E-state index contributed by atoms with van der Waals surface area (Å²) in [6.45, 7) is 0. The van der Waals surface area contributed by atoms with Gasteiger partial charge >= 0.3 is 78.5 Å². The minimum atomic E-state index is -1.00. The van der Waals surface area contributed by atoms with Gasteiger partial charge in [0.1, 0.15) is 0 Å². The summed E-state index contributed by atoms with van der Waals surface area (Å²) in [6, 6.07) is 1.86. The van der Waals surface area contributed by atoms with Gasteiger partial charge in [0.2, 0.25) is 0 Å². The van der Waals surface area contributed by atoms with Gasteiger partial charge in [-0.1, -0.05) is 0 Å². The molecule has 2 rings (SSSR count). The van der Waals surface area contributed by atoms with Crippen LogP contribution in [0, 0.1) is 0 Å². The maximum absolute atomic E-state index is 10.6. The molecule has 0 atom stereocenters. The van der Waals surface area contributed by atoms with Gasteiger partial charge < -0.3 is 0 Å². The Kier molecular flexibility index (Phi) is 1.76. The average Bonchev–Trinajstić information content (AvgIpc) is 2.53. The van der Waals surface area contributed by atoms with Gasteiger partial charge in [-0.25, -0.2) is 0 Å². The average molecular weight is 249 g/mol. The summed E-state index contributed by atoms with van der Waals surface area (Å²) in [7, 11) is 0. The van der Waals surface area contributed by atoms with E-state index in [0.717, 1.165) is 9.78 Å². The number of nitrogens with one attached hydrogen (secondary N) is 1. The number of aromatic amines is 1. The first kappa shape index (κ1) is 7.92.